The Morgan fingerprint density at radius 3 is 0.871 bits per heavy atom. The normalized spacial score (nSPS) is 12.1. The molecule has 0 radical (unpaired) electrons. The van der Waals surface area contributed by atoms with Crippen LogP contribution in [0.4, 0.5) is 11.4 Å². The molecule has 0 spiro atoms. The highest BCUT2D eigenvalue weighted by Crippen LogP contribution is 2.46. The van der Waals surface area contributed by atoms with Gasteiger partial charge in [-0.2, -0.15) is 0 Å². The summed E-state index contributed by atoms with van der Waals surface area (Å²) in [7, 11) is 4.96. The van der Waals surface area contributed by atoms with Crippen LogP contribution in [0, 0.1) is 0 Å². The summed E-state index contributed by atoms with van der Waals surface area (Å²) in [6, 6.07) is 0. The number of halogens is 6. The first kappa shape index (κ1) is 75.0. The standard InChI is InChI=1S/C51H60Br6N6O22/c1-22(64)78-18-30(82-26(5)68)14-58-48(74)36-40(52)38(50(76)60(9)16-32(84-28(7)70)20-80-24(3)66)44(56)46(42(36)54)62(11)34(72)13-35(73)63(12)47-43(55)37(49(75)59-15-31(83-27(6)69)19-79-23(2)65)41(53)39(45(47)57)51(77)61(10)17-33(85-29(8)71)21-81-25(4)67/h30-33H,13-21H2,1-12H3,(H,58,74)(H,59,75). The first-order valence-electron chi connectivity index (χ1n) is 24.7. The molecule has 2 rings (SSSR count). The zero-order valence-corrected chi connectivity index (χ0v) is 57.2. The summed E-state index contributed by atoms with van der Waals surface area (Å²) in [5, 5.41) is 5.10. The molecule has 2 N–H and O–H groups in total. The van der Waals surface area contributed by atoms with Gasteiger partial charge in [0.1, 0.15) is 32.8 Å². The molecule has 0 aliphatic heterocycles. The van der Waals surface area contributed by atoms with Crippen molar-refractivity contribution in [3.05, 3.63) is 49.1 Å². The molecular formula is C51H60Br6N6O22. The van der Waals surface area contributed by atoms with Gasteiger partial charge < -0.3 is 68.1 Å². The summed E-state index contributed by atoms with van der Waals surface area (Å²) >= 11 is 20.3. The molecule has 0 saturated heterocycles. The van der Waals surface area contributed by atoms with Crippen LogP contribution in [0.1, 0.15) is 103 Å². The summed E-state index contributed by atoms with van der Waals surface area (Å²) < 4.78 is 40.0. The quantitative estimate of drug-likeness (QED) is 0.0652. The summed E-state index contributed by atoms with van der Waals surface area (Å²) in [6.45, 7) is 5.20. The number of benzene rings is 2. The van der Waals surface area contributed by atoms with Crippen LogP contribution in [0.5, 0.6) is 0 Å². The molecule has 6 amide bonds. The molecular weight excluding hydrogens is 1530 g/mol. The molecule has 4 unspecified atom stereocenters. The first-order valence-corrected chi connectivity index (χ1v) is 29.4. The van der Waals surface area contributed by atoms with Crippen LogP contribution in [-0.2, 0) is 85.8 Å². The zero-order valence-electron chi connectivity index (χ0n) is 47.7. The third-order valence-electron chi connectivity index (χ3n) is 11.0. The van der Waals surface area contributed by atoms with E-state index in [-0.39, 0.29) is 60.5 Å². The Bertz CT molecular complexity index is 2790. The van der Waals surface area contributed by atoms with Crippen LogP contribution in [0.25, 0.3) is 0 Å². The highest BCUT2D eigenvalue weighted by molar-refractivity contribution is 9.12. The van der Waals surface area contributed by atoms with E-state index in [1.165, 1.54) is 28.2 Å². The molecule has 0 aliphatic rings. The maximum Gasteiger partial charge on any atom is 0.303 e. The highest BCUT2D eigenvalue weighted by atomic mass is 79.9. The number of amides is 6. The van der Waals surface area contributed by atoms with Gasteiger partial charge in [-0.05, 0) is 95.6 Å². The Balaban J connectivity index is 2.93. The van der Waals surface area contributed by atoms with E-state index in [1.807, 2.05) is 0 Å². The van der Waals surface area contributed by atoms with Crippen LogP contribution in [0.2, 0.25) is 0 Å². The highest BCUT2D eigenvalue weighted by Gasteiger charge is 2.37. The summed E-state index contributed by atoms with van der Waals surface area (Å²) in [5.41, 5.74) is -1.83. The van der Waals surface area contributed by atoms with Crippen molar-refractivity contribution in [2.45, 2.75) is 86.2 Å². The van der Waals surface area contributed by atoms with E-state index < -0.39 is 167 Å². The van der Waals surface area contributed by atoms with E-state index in [1.54, 1.807) is 0 Å². The average molecular weight is 1590 g/mol. The van der Waals surface area contributed by atoms with Gasteiger partial charge in [-0.15, -0.1) is 0 Å². The van der Waals surface area contributed by atoms with Gasteiger partial charge in [0, 0.05) is 92.5 Å². The summed E-state index contributed by atoms with van der Waals surface area (Å²) in [6.07, 6.45) is -5.85. The number of likely N-dealkylation sites (N-methyl/N-ethyl adjacent to an activating group) is 2. The van der Waals surface area contributed by atoms with Gasteiger partial charge in [-0.1, -0.05) is 0 Å². The third-order valence-corrected chi connectivity index (χ3v) is 15.7. The molecule has 85 heavy (non-hydrogen) atoms. The van der Waals surface area contributed by atoms with Crippen molar-refractivity contribution in [2.75, 3.05) is 90.6 Å². The lowest BCUT2D eigenvalue weighted by Gasteiger charge is -2.29. The molecule has 34 heteroatoms. The Kier molecular flexibility index (Phi) is 30.8. The first-order chi connectivity index (χ1) is 39.4. The molecule has 0 aliphatic carbocycles. The van der Waals surface area contributed by atoms with Crippen LogP contribution in [0.15, 0.2) is 26.8 Å². The van der Waals surface area contributed by atoms with Gasteiger partial charge in [0.2, 0.25) is 11.8 Å². The van der Waals surface area contributed by atoms with Crippen molar-refractivity contribution < 1.29 is 105 Å². The van der Waals surface area contributed by atoms with E-state index in [2.05, 4.69) is 106 Å². The molecule has 0 saturated carbocycles. The fraction of sp³-hybridized carbons (Fsp3) is 0.490. The van der Waals surface area contributed by atoms with Gasteiger partial charge >= 0.3 is 47.8 Å². The molecule has 2 aromatic carbocycles. The number of nitrogens with zero attached hydrogens (tertiary/aromatic N) is 4. The summed E-state index contributed by atoms with van der Waals surface area (Å²) in [5.74, 6) is -11.8. The fourth-order valence-electron chi connectivity index (χ4n) is 7.33. The van der Waals surface area contributed by atoms with Gasteiger partial charge in [0.25, 0.3) is 23.6 Å². The minimum atomic E-state index is -1.21. The van der Waals surface area contributed by atoms with E-state index >= 15 is 0 Å². The van der Waals surface area contributed by atoms with E-state index in [4.69, 9.17) is 37.9 Å². The lowest BCUT2D eigenvalue weighted by Crippen LogP contribution is -2.41. The van der Waals surface area contributed by atoms with E-state index in [0.29, 0.717) is 0 Å². The Hall–Kier alpha value is -6.10. The van der Waals surface area contributed by atoms with Gasteiger partial charge in [0.15, 0.2) is 24.4 Å². The van der Waals surface area contributed by atoms with Crippen molar-refractivity contribution >= 4 is 190 Å². The number of carbonyl (C=O) groups excluding carboxylic acids is 14. The molecule has 468 valence electrons. The predicted octanol–water partition coefficient (Wildman–Crippen LogP) is 4.86. The maximum atomic E-state index is 14.6. The SMILES string of the molecule is CC(=O)OCC(CNC(=O)c1c(Br)c(C(=O)N(C)CC(COC(C)=O)OC(C)=O)c(Br)c(N(C)C(=O)CC(=O)N(C)c2c(Br)c(C(=O)NCC(COC(C)=O)OC(C)=O)c(Br)c(C(=O)N(C)CC(COC(C)=O)OC(C)=O)c2Br)c1Br)OC(C)=O. The second kappa shape index (κ2) is 34.9. The van der Waals surface area contributed by atoms with Gasteiger partial charge in [0.05, 0.1) is 77.7 Å². The lowest BCUT2D eigenvalue weighted by atomic mass is 10.0. The number of hydrogen-bond acceptors (Lipinski definition) is 22. The lowest BCUT2D eigenvalue weighted by molar-refractivity contribution is -0.156. The fourth-order valence-corrected chi connectivity index (χ4v) is 13.8. The second-order valence-corrected chi connectivity index (χ2v) is 22.8. The molecule has 4 atom stereocenters. The molecule has 2 aromatic rings. The van der Waals surface area contributed by atoms with Crippen molar-refractivity contribution in [2.24, 2.45) is 0 Å². The number of rotatable bonds is 28. The maximum absolute atomic E-state index is 14.6. The largest absolute Gasteiger partial charge is 0.462 e. The number of nitrogens with one attached hydrogen (secondary N) is 2. The van der Waals surface area contributed by atoms with Crippen LogP contribution in [0.3, 0.4) is 0 Å². The number of carbonyl (C=O) groups is 14. The monoisotopic (exact) mass is 1580 g/mol. The Morgan fingerprint density at radius 1 is 0.365 bits per heavy atom. The average Bonchev–Trinajstić information content (AvgIpc) is 1.27. The van der Waals surface area contributed by atoms with Gasteiger partial charge in [-0.3, -0.25) is 67.1 Å². The van der Waals surface area contributed by atoms with Crippen LogP contribution in [-0.4, -0.2) is 198 Å². The van der Waals surface area contributed by atoms with Crippen LogP contribution >= 0.6 is 95.6 Å². The minimum Gasteiger partial charge on any atom is -0.462 e. The number of ether oxygens (including phenoxy) is 8. The topological polar surface area (TPSA) is 350 Å². The minimum absolute atomic E-state index is 0.165. The van der Waals surface area contributed by atoms with Crippen molar-refractivity contribution in [1.82, 2.24) is 20.4 Å². The Labute approximate surface area is 537 Å². The molecule has 0 fully saturated rings. The Morgan fingerprint density at radius 2 is 0.612 bits per heavy atom. The zero-order chi connectivity index (χ0) is 65.1. The third kappa shape index (κ3) is 22.9. The summed E-state index contributed by atoms with van der Waals surface area (Å²) in [4.78, 5) is 186. The smallest absolute Gasteiger partial charge is 0.303 e. The van der Waals surface area contributed by atoms with E-state index in [0.717, 1.165) is 75.0 Å². The van der Waals surface area contributed by atoms with Gasteiger partial charge in [-0.25, -0.2) is 0 Å². The molecule has 0 bridgehead atoms. The molecule has 28 nitrogen and oxygen atoms in total. The molecule has 0 heterocycles. The number of esters is 8. The number of anilines is 2. The van der Waals surface area contributed by atoms with Crippen molar-refractivity contribution in [1.29, 1.82) is 0 Å². The van der Waals surface area contributed by atoms with Crippen molar-refractivity contribution in [3.8, 4) is 0 Å². The van der Waals surface area contributed by atoms with Crippen molar-refractivity contribution in [3.63, 3.8) is 0 Å². The van der Waals surface area contributed by atoms with E-state index in [9.17, 15) is 67.1 Å². The van der Waals surface area contributed by atoms with Crippen LogP contribution < -0.4 is 20.4 Å². The number of hydrogen-bond donors (Lipinski definition) is 2. The predicted molar refractivity (Wildman–Crippen MR) is 318 cm³/mol. The second-order valence-electron chi connectivity index (χ2n) is 18.1. The molecule has 0 aromatic heterocycles.